The van der Waals surface area contributed by atoms with Crippen LogP contribution < -0.4 is 0 Å². The van der Waals surface area contributed by atoms with Gasteiger partial charge in [0.25, 0.3) is 5.91 Å². The number of likely N-dealkylation sites (tertiary alicyclic amines) is 1. The molecule has 0 spiro atoms. The van der Waals surface area contributed by atoms with Gasteiger partial charge in [-0.1, -0.05) is 0 Å². The van der Waals surface area contributed by atoms with E-state index >= 15 is 0 Å². The van der Waals surface area contributed by atoms with E-state index in [4.69, 9.17) is 0 Å². The molecule has 4 rings (SSSR count). The van der Waals surface area contributed by atoms with Crippen molar-refractivity contribution in [2.45, 2.75) is 32.7 Å². The number of amides is 1. The van der Waals surface area contributed by atoms with Crippen molar-refractivity contribution in [3.05, 3.63) is 41.5 Å². The van der Waals surface area contributed by atoms with Gasteiger partial charge in [0, 0.05) is 13.1 Å². The number of benzene rings is 1. The van der Waals surface area contributed by atoms with Crippen LogP contribution in [-0.4, -0.2) is 48.6 Å². The monoisotopic (exact) mass is 342 g/mol. The van der Waals surface area contributed by atoms with E-state index in [2.05, 4.69) is 20.1 Å². The number of nitrogens with zero attached hydrogens (tertiary/aromatic N) is 5. The van der Waals surface area contributed by atoms with Crippen LogP contribution in [0.5, 0.6) is 0 Å². The third-order valence-electron chi connectivity index (χ3n) is 4.66. The second kappa shape index (κ2) is 5.94. The van der Waals surface area contributed by atoms with E-state index in [9.17, 15) is 9.18 Å². The molecule has 7 nitrogen and oxygen atoms in total. The molecular formula is C17H19FN6O. The summed E-state index contributed by atoms with van der Waals surface area (Å²) in [7, 11) is 0. The summed E-state index contributed by atoms with van der Waals surface area (Å²) in [4.78, 5) is 26.1. The number of hydrogen-bond donors (Lipinski definition) is 1. The number of aryl methyl sites for hydroxylation is 2. The van der Waals surface area contributed by atoms with Gasteiger partial charge in [-0.05, 0) is 38.8 Å². The van der Waals surface area contributed by atoms with Crippen molar-refractivity contribution in [3.63, 3.8) is 0 Å². The Morgan fingerprint density at radius 2 is 2.20 bits per heavy atom. The summed E-state index contributed by atoms with van der Waals surface area (Å²) in [6.07, 6.45) is 3.28. The number of H-pyrrole nitrogens is 1. The third kappa shape index (κ3) is 2.77. The average molecular weight is 342 g/mol. The van der Waals surface area contributed by atoms with Crippen LogP contribution in [0.3, 0.4) is 0 Å². The van der Waals surface area contributed by atoms with Crippen LogP contribution in [-0.2, 0) is 0 Å². The molecule has 0 saturated carbocycles. The van der Waals surface area contributed by atoms with Crippen molar-refractivity contribution in [2.24, 2.45) is 0 Å². The number of imidazole rings is 1. The van der Waals surface area contributed by atoms with E-state index in [-0.39, 0.29) is 11.9 Å². The first-order valence-electron chi connectivity index (χ1n) is 8.34. The molecule has 1 aliphatic rings. The lowest BCUT2D eigenvalue weighted by Gasteiger charge is -2.33. The number of fused-ring (bicyclic) bond motifs is 1. The lowest BCUT2D eigenvalue weighted by atomic mass is 10.0. The summed E-state index contributed by atoms with van der Waals surface area (Å²) >= 11 is 0. The van der Waals surface area contributed by atoms with E-state index in [0.29, 0.717) is 29.7 Å². The first-order chi connectivity index (χ1) is 12.0. The molecule has 1 aliphatic heterocycles. The van der Waals surface area contributed by atoms with Gasteiger partial charge < -0.3 is 9.88 Å². The van der Waals surface area contributed by atoms with Gasteiger partial charge in [-0.25, -0.2) is 19.0 Å². The van der Waals surface area contributed by atoms with Crippen molar-refractivity contribution in [3.8, 4) is 0 Å². The van der Waals surface area contributed by atoms with Gasteiger partial charge in [0.15, 0.2) is 0 Å². The first-order valence-corrected chi connectivity index (χ1v) is 8.34. The minimum atomic E-state index is -0.448. The van der Waals surface area contributed by atoms with Gasteiger partial charge in [0.05, 0.1) is 23.4 Å². The van der Waals surface area contributed by atoms with E-state index < -0.39 is 5.82 Å². The average Bonchev–Trinajstić information content (AvgIpc) is 3.19. The summed E-state index contributed by atoms with van der Waals surface area (Å²) in [5.41, 5.74) is 1.32. The maximum Gasteiger partial charge on any atom is 0.256 e. The zero-order valence-corrected chi connectivity index (χ0v) is 14.2. The molecule has 1 saturated heterocycles. The Kier molecular flexibility index (Phi) is 3.74. The topological polar surface area (TPSA) is 79.7 Å². The molecule has 3 aromatic rings. The molecule has 3 heterocycles. The van der Waals surface area contributed by atoms with E-state index in [1.165, 1.54) is 18.5 Å². The number of rotatable bonds is 2. The molecule has 8 heteroatoms. The van der Waals surface area contributed by atoms with Gasteiger partial charge in [-0.3, -0.25) is 4.79 Å². The fourth-order valence-electron chi connectivity index (χ4n) is 3.57. The van der Waals surface area contributed by atoms with E-state index in [0.717, 1.165) is 24.5 Å². The highest BCUT2D eigenvalue weighted by Gasteiger charge is 2.28. The maximum atomic E-state index is 13.9. The number of piperidine rings is 1. The summed E-state index contributed by atoms with van der Waals surface area (Å²) in [5, 5.41) is 4.45. The van der Waals surface area contributed by atoms with Crippen LogP contribution >= 0.6 is 0 Å². The fraction of sp³-hybridized carbons (Fsp3) is 0.412. The molecular weight excluding hydrogens is 323 g/mol. The zero-order chi connectivity index (χ0) is 17.6. The molecule has 1 atom stereocenters. The fourth-order valence-corrected chi connectivity index (χ4v) is 3.57. The second-order valence-corrected chi connectivity index (χ2v) is 6.45. The van der Waals surface area contributed by atoms with Crippen molar-refractivity contribution >= 4 is 16.9 Å². The standard InChI is InChI=1S/C17H19FN6O/c1-10-21-11(2)24(22-10)13-4-3-5-23(8-13)17(25)14-6-12(18)7-15-16(14)20-9-19-15/h6-7,9,13H,3-5,8H2,1-2H3,(H,19,20)/t13-/m0/s1. The van der Waals surface area contributed by atoms with Crippen LogP contribution in [0, 0.1) is 19.7 Å². The normalized spacial score (nSPS) is 18.0. The number of aromatic nitrogens is 5. The molecule has 0 bridgehead atoms. The molecule has 0 aliphatic carbocycles. The minimum absolute atomic E-state index is 0.0853. The summed E-state index contributed by atoms with van der Waals surface area (Å²) in [6, 6.07) is 2.70. The van der Waals surface area contributed by atoms with E-state index in [1.54, 1.807) is 4.90 Å². The highest BCUT2D eigenvalue weighted by atomic mass is 19.1. The quantitative estimate of drug-likeness (QED) is 0.775. The second-order valence-electron chi connectivity index (χ2n) is 6.45. The van der Waals surface area contributed by atoms with Crippen LogP contribution in [0.2, 0.25) is 0 Å². The summed E-state index contributed by atoms with van der Waals surface area (Å²) < 4.78 is 15.8. The Balaban J connectivity index is 1.63. The Morgan fingerprint density at radius 1 is 1.36 bits per heavy atom. The number of carbonyl (C=O) groups is 1. The molecule has 130 valence electrons. The van der Waals surface area contributed by atoms with E-state index in [1.807, 2.05) is 18.5 Å². The van der Waals surface area contributed by atoms with Gasteiger partial charge in [0.2, 0.25) is 0 Å². The van der Waals surface area contributed by atoms with Crippen molar-refractivity contribution in [2.75, 3.05) is 13.1 Å². The van der Waals surface area contributed by atoms with Crippen molar-refractivity contribution < 1.29 is 9.18 Å². The van der Waals surface area contributed by atoms with Crippen LogP contribution in [0.4, 0.5) is 4.39 Å². The maximum absolute atomic E-state index is 13.9. The number of hydrogen-bond acceptors (Lipinski definition) is 4. The van der Waals surface area contributed by atoms with Crippen molar-refractivity contribution in [1.82, 2.24) is 29.6 Å². The molecule has 1 amide bonds. The molecule has 0 radical (unpaired) electrons. The van der Waals surface area contributed by atoms with Gasteiger partial charge >= 0.3 is 0 Å². The first kappa shape index (κ1) is 15.7. The van der Waals surface area contributed by atoms with Crippen molar-refractivity contribution in [1.29, 1.82) is 0 Å². The highest BCUT2D eigenvalue weighted by Crippen LogP contribution is 2.25. The number of nitrogens with one attached hydrogen (secondary N) is 1. The Hall–Kier alpha value is -2.77. The van der Waals surface area contributed by atoms with Crippen LogP contribution in [0.1, 0.15) is 40.9 Å². The number of carbonyl (C=O) groups excluding carboxylic acids is 1. The molecule has 25 heavy (non-hydrogen) atoms. The summed E-state index contributed by atoms with van der Waals surface area (Å²) in [6.45, 7) is 4.95. The SMILES string of the molecule is Cc1nc(C)n([C@H]2CCCN(C(=O)c3cc(F)cc4[nH]cnc34)C2)n1. The lowest BCUT2D eigenvalue weighted by molar-refractivity contribution is 0.0672. The van der Waals surface area contributed by atoms with Gasteiger partial charge in [-0.15, -0.1) is 0 Å². The van der Waals surface area contributed by atoms with Gasteiger partial charge in [-0.2, -0.15) is 5.10 Å². The minimum Gasteiger partial charge on any atom is -0.344 e. The Labute approximate surface area is 143 Å². The van der Waals surface area contributed by atoms with Crippen LogP contribution in [0.25, 0.3) is 11.0 Å². The molecule has 1 aromatic carbocycles. The molecule has 2 aromatic heterocycles. The Morgan fingerprint density at radius 3 is 2.96 bits per heavy atom. The number of aromatic amines is 1. The van der Waals surface area contributed by atoms with Gasteiger partial charge in [0.1, 0.15) is 23.0 Å². The largest absolute Gasteiger partial charge is 0.344 e. The number of halogens is 1. The smallest absolute Gasteiger partial charge is 0.256 e. The predicted octanol–water partition coefficient (Wildman–Crippen LogP) is 2.39. The van der Waals surface area contributed by atoms with Crippen LogP contribution in [0.15, 0.2) is 18.5 Å². The predicted molar refractivity (Wildman–Crippen MR) is 89.7 cm³/mol. The molecule has 1 fully saturated rings. The molecule has 0 unspecified atom stereocenters. The third-order valence-corrected chi connectivity index (χ3v) is 4.66. The highest BCUT2D eigenvalue weighted by molar-refractivity contribution is 6.04. The zero-order valence-electron chi connectivity index (χ0n) is 14.2. The Bertz CT molecular complexity index is 946. The lowest BCUT2D eigenvalue weighted by Crippen LogP contribution is -2.41. The molecule has 1 N–H and O–H groups in total. The summed E-state index contributed by atoms with van der Waals surface area (Å²) in [5.74, 6) is 0.925.